The van der Waals surface area contributed by atoms with Crippen molar-refractivity contribution in [3.05, 3.63) is 58.0 Å². The van der Waals surface area contributed by atoms with E-state index in [9.17, 15) is 13.2 Å². The number of rotatable bonds is 6. The first-order chi connectivity index (χ1) is 14.3. The summed E-state index contributed by atoms with van der Waals surface area (Å²) in [5.74, 6) is 0.771. The minimum absolute atomic E-state index is 0.000761. The summed E-state index contributed by atoms with van der Waals surface area (Å²) in [6, 6.07) is 10.9. The number of carbonyl (C=O) groups excluding carboxylic acids is 1. The fourth-order valence-corrected chi connectivity index (χ4v) is 5.08. The second kappa shape index (κ2) is 9.11. The molecule has 1 fully saturated rings. The van der Waals surface area contributed by atoms with Gasteiger partial charge >= 0.3 is 0 Å². The maximum absolute atomic E-state index is 12.8. The zero-order valence-corrected chi connectivity index (χ0v) is 18.8. The van der Waals surface area contributed by atoms with Gasteiger partial charge in [-0.3, -0.25) is 9.69 Å². The van der Waals surface area contributed by atoms with E-state index in [-0.39, 0.29) is 22.5 Å². The highest BCUT2D eigenvalue weighted by Gasteiger charge is 2.34. The van der Waals surface area contributed by atoms with Gasteiger partial charge in [0.2, 0.25) is 0 Å². The smallest absolute Gasteiger partial charge is 0.284 e. The number of methoxy groups -OCH3 is 2. The molecule has 0 unspecified atom stereocenters. The van der Waals surface area contributed by atoms with Crippen LogP contribution in [0, 0.1) is 0 Å². The van der Waals surface area contributed by atoms with Crippen molar-refractivity contribution in [1.29, 1.82) is 0 Å². The van der Waals surface area contributed by atoms with Crippen molar-refractivity contribution in [2.45, 2.75) is 11.8 Å². The van der Waals surface area contributed by atoms with Crippen molar-refractivity contribution in [1.82, 2.24) is 4.90 Å². The molecule has 0 atom stereocenters. The van der Waals surface area contributed by atoms with Gasteiger partial charge in [-0.2, -0.15) is 8.42 Å². The van der Waals surface area contributed by atoms with Crippen LogP contribution < -0.4 is 9.47 Å². The lowest BCUT2D eigenvalue weighted by molar-refractivity contribution is -0.122. The number of carbonyl (C=O) groups is 1. The molecule has 1 heterocycles. The topological polar surface area (TPSA) is 85.3 Å². The van der Waals surface area contributed by atoms with Crippen molar-refractivity contribution in [3.63, 3.8) is 0 Å². The summed E-state index contributed by atoms with van der Waals surface area (Å²) in [6.45, 7) is 2.03. The lowest BCUT2D eigenvalue weighted by Crippen LogP contribution is -2.29. The second-order valence-corrected chi connectivity index (χ2v) is 9.13. The van der Waals surface area contributed by atoms with Crippen LogP contribution in [-0.2, 0) is 14.8 Å². The summed E-state index contributed by atoms with van der Waals surface area (Å²) in [7, 11) is -0.932. The molecule has 0 N–H and O–H groups in total. The average molecular weight is 467 g/mol. The number of hydrogen-bond donors (Lipinski definition) is 0. The van der Waals surface area contributed by atoms with Crippen molar-refractivity contribution in [2.75, 3.05) is 20.8 Å². The number of likely N-dealkylation sites (N-methyl/N-ethyl adjacent to an activating group) is 1. The Morgan fingerprint density at radius 3 is 2.37 bits per heavy atom. The number of ether oxygens (including phenoxy) is 2. The third-order valence-electron chi connectivity index (χ3n) is 4.22. The molecular weight excluding hydrogens is 448 g/mol. The molecule has 1 aliphatic heterocycles. The number of benzene rings is 2. The number of thioether (sulfide) groups is 1. The van der Waals surface area contributed by atoms with Gasteiger partial charge in [-0.1, -0.05) is 17.7 Å². The predicted octanol–water partition coefficient (Wildman–Crippen LogP) is 4.04. The van der Waals surface area contributed by atoms with Crippen LogP contribution in [0.5, 0.6) is 11.5 Å². The summed E-state index contributed by atoms with van der Waals surface area (Å²) in [6.07, 6.45) is 1.66. The maximum atomic E-state index is 12.8. The zero-order valence-electron chi connectivity index (χ0n) is 16.5. The van der Waals surface area contributed by atoms with Crippen LogP contribution in [0.3, 0.4) is 0 Å². The fourth-order valence-electron chi connectivity index (χ4n) is 2.71. The highest BCUT2D eigenvalue weighted by Crippen LogP contribution is 2.35. The minimum atomic E-state index is -3.99. The maximum Gasteiger partial charge on any atom is 0.284 e. The van der Waals surface area contributed by atoms with Gasteiger partial charge in [0, 0.05) is 11.6 Å². The van der Waals surface area contributed by atoms with Gasteiger partial charge in [0.15, 0.2) is 16.7 Å². The van der Waals surface area contributed by atoms with E-state index < -0.39 is 10.0 Å². The normalized spacial score (nSPS) is 17.1. The quantitative estimate of drug-likeness (QED) is 0.597. The van der Waals surface area contributed by atoms with Gasteiger partial charge in [0.1, 0.15) is 0 Å². The third kappa shape index (κ3) is 4.63. The molecule has 0 aromatic heterocycles. The first-order valence-electron chi connectivity index (χ1n) is 8.83. The number of sulfonamides is 1. The van der Waals surface area contributed by atoms with Gasteiger partial charge in [-0.25, -0.2) is 0 Å². The Hall–Kier alpha value is -2.49. The van der Waals surface area contributed by atoms with Crippen molar-refractivity contribution in [2.24, 2.45) is 4.40 Å². The van der Waals surface area contributed by atoms with Gasteiger partial charge in [0.25, 0.3) is 15.9 Å². The summed E-state index contributed by atoms with van der Waals surface area (Å²) in [4.78, 5) is 14.5. The number of amidine groups is 1. The monoisotopic (exact) mass is 466 g/mol. The van der Waals surface area contributed by atoms with Crippen LogP contribution in [0.4, 0.5) is 0 Å². The van der Waals surface area contributed by atoms with E-state index in [2.05, 4.69) is 4.40 Å². The van der Waals surface area contributed by atoms with E-state index in [1.54, 1.807) is 31.2 Å². The van der Waals surface area contributed by atoms with E-state index in [1.165, 1.54) is 43.4 Å². The molecule has 158 valence electrons. The molecule has 1 aliphatic rings. The Morgan fingerprint density at radius 2 is 1.77 bits per heavy atom. The Morgan fingerprint density at radius 1 is 1.10 bits per heavy atom. The highest BCUT2D eigenvalue weighted by molar-refractivity contribution is 8.19. The molecule has 1 amide bonds. The first kappa shape index (κ1) is 22.2. The molecule has 1 saturated heterocycles. The van der Waals surface area contributed by atoms with Crippen molar-refractivity contribution >= 4 is 50.5 Å². The number of nitrogens with zero attached hydrogens (tertiary/aromatic N) is 2. The second-order valence-electron chi connectivity index (χ2n) is 6.08. The summed E-state index contributed by atoms with van der Waals surface area (Å²) in [5, 5.41) is 0.520. The largest absolute Gasteiger partial charge is 0.493 e. The van der Waals surface area contributed by atoms with Gasteiger partial charge in [-0.15, -0.1) is 4.40 Å². The lowest BCUT2D eigenvalue weighted by Gasteiger charge is -2.12. The molecule has 0 radical (unpaired) electrons. The van der Waals surface area contributed by atoms with Crippen LogP contribution in [-0.4, -0.2) is 45.2 Å². The Kier molecular flexibility index (Phi) is 6.74. The molecule has 10 heteroatoms. The van der Waals surface area contributed by atoms with Crippen LogP contribution >= 0.6 is 23.4 Å². The van der Waals surface area contributed by atoms with E-state index in [4.69, 9.17) is 21.1 Å². The first-order valence-corrected chi connectivity index (χ1v) is 11.5. The number of hydrogen-bond acceptors (Lipinski definition) is 6. The Labute approximate surface area is 184 Å². The van der Waals surface area contributed by atoms with Crippen LogP contribution in [0.1, 0.15) is 12.5 Å². The lowest BCUT2D eigenvalue weighted by atomic mass is 10.2. The SMILES string of the molecule is CCN1C(=O)C(=Cc2ccc(OC)c(OC)c2)SC1=NS(=O)(=O)c1ccc(Cl)cc1. The zero-order chi connectivity index (χ0) is 21.9. The van der Waals surface area contributed by atoms with E-state index in [0.717, 1.165) is 11.8 Å². The van der Waals surface area contributed by atoms with E-state index in [1.807, 2.05) is 0 Å². The molecule has 2 aromatic carbocycles. The highest BCUT2D eigenvalue weighted by atomic mass is 35.5. The van der Waals surface area contributed by atoms with E-state index >= 15 is 0 Å². The Bertz CT molecular complexity index is 1130. The van der Waals surface area contributed by atoms with E-state index in [0.29, 0.717) is 27.0 Å². The Balaban J connectivity index is 1.96. The van der Waals surface area contributed by atoms with Crippen LogP contribution in [0.15, 0.2) is 56.7 Å². The van der Waals surface area contributed by atoms with Crippen molar-refractivity contribution in [3.8, 4) is 11.5 Å². The van der Waals surface area contributed by atoms with Gasteiger partial charge in [-0.05, 0) is 66.7 Å². The van der Waals surface area contributed by atoms with Gasteiger partial charge in [0.05, 0.1) is 24.0 Å². The molecule has 3 rings (SSSR count). The molecular formula is C20H19ClN2O5S2. The molecule has 0 aliphatic carbocycles. The molecule has 0 bridgehead atoms. The van der Waals surface area contributed by atoms with Crippen LogP contribution in [0.2, 0.25) is 5.02 Å². The number of halogens is 1. The molecule has 0 saturated carbocycles. The van der Waals surface area contributed by atoms with Crippen LogP contribution in [0.25, 0.3) is 6.08 Å². The molecule has 0 spiro atoms. The minimum Gasteiger partial charge on any atom is -0.493 e. The number of amides is 1. The fraction of sp³-hybridized carbons (Fsp3) is 0.200. The van der Waals surface area contributed by atoms with Crippen molar-refractivity contribution < 1.29 is 22.7 Å². The summed E-state index contributed by atoms with van der Waals surface area (Å²) in [5.41, 5.74) is 0.710. The average Bonchev–Trinajstić information content (AvgIpc) is 3.01. The van der Waals surface area contributed by atoms with Gasteiger partial charge < -0.3 is 9.47 Å². The summed E-state index contributed by atoms with van der Waals surface area (Å²) >= 11 is 6.83. The molecule has 2 aromatic rings. The molecule has 7 nitrogen and oxygen atoms in total. The third-order valence-corrected chi connectivity index (χ3v) is 6.87. The summed E-state index contributed by atoms with van der Waals surface area (Å²) < 4.78 is 39.7. The predicted molar refractivity (Wildman–Crippen MR) is 119 cm³/mol. The standard InChI is InChI=1S/C20H19ClN2O5S2/c1-4-23-19(24)18(12-13-5-10-16(27-2)17(11-13)28-3)29-20(23)22-30(25,26)15-8-6-14(21)7-9-15/h5-12H,4H2,1-3H3. The molecule has 30 heavy (non-hydrogen) atoms.